The molecule has 0 aliphatic heterocycles. The number of hydrogen-bond acceptors (Lipinski definition) is 3. The van der Waals surface area contributed by atoms with Crippen molar-refractivity contribution in [1.82, 2.24) is 0 Å². The first-order chi connectivity index (χ1) is 5.11. The van der Waals surface area contributed by atoms with Crippen molar-refractivity contribution in [2.45, 2.75) is 19.8 Å². The fraction of sp³-hybridized carbons (Fsp3) is 0.375. The van der Waals surface area contributed by atoms with E-state index in [4.69, 9.17) is 0 Å². The van der Waals surface area contributed by atoms with Crippen LogP contribution in [0.15, 0.2) is 21.5 Å². The highest BCUT2D eigenvalue weighted by Crippen LogP contribution is 2.22. The van der Waals surface area contributed by atoms with Gasteiger partial charge in [-0.25, -0.2) is 4.79 Å². The zero-order valence-electron chi connectivity index (χ0n) is 6.50. The molecule has 60 valence electrons. The maximum atomic E-state index is 10.5. The van der Waals surface area contributed by atoms with Gasteiger partial charge in [-0.15, -0.1) is 0 Å². The molecule has 0 aromatic carbocycles. The fourth-order valence-corrected chi connectivity index (χ4v) is 0.843. The van der Waals surface area contributed by atoms with E-state index in [-0.39, 0.29) is 11.7 Å². The zero-order chi connectivity index (χ0) is 8.43. The van der Waals surface area contributed by atoms with Crippen LogP contribution in [0.25, 0.3) is 0 Å². The molecule has 0 atom stereocenters. The van der Waals surface area contributed by atoms with Crippen LogP contribution in [0, 0.1) is 0 Å². The normalized spacial score (nSPS) is 10.5. The van der Waals surface area contributed by atoms with Crippen molar-refractivity contribution >= 4 is 0 Å². The Kier molecular flexibility index (Phi) is 1.98. The number of aromatic hydroxyl groups is 1. The van der Waals surface area contributed by atoms with Gasteiger partial charge in [0.25, 0.3) is 0 Å². The van der Waals surface area contributed by atoms with Gasteiger partial charge in [0.05, 0.1) is 6.07 Å². The van der Waals surface area contributed by atoms with Gasteiger partial charge in [0.15, 0.2) is 0 Å². The molecule has 0 amide bonds. The maximum absolute atomic E-state index is 10.5. The highest BCUT2D eigenvalue weighted by Gasteiger charge is 2.06. The summed E-state index contributed by atoms with van der Waals surface area (Å²) in [4.78, 5) is 10.5. The Morgan fingerprint density at radius 2 is 2.18 bits per heavy atom. The highest BCUT2D eigenvalue weighted by molar-refractivity contribution is 5.29. The molecular weight excluding hydrogens is 144 g/mol. The van der Waals surface area contributed by atoms with Crippen molar-refractivity contribution in [3.63, 3.8) is 0 Å². The van der Waals surface area contributed by atoms with E-state index < -0.39 is 5.63 Å². The Bertz CT molecular complexity index is 298. The third-order valence-electron chi connectivity index (χ3n) is 1.47. The Labute approximate surface area is 64.3 Å². The second-order valence-electron chi connectivity index (χ2n) is 2.69. The summed E-state index contributed by atoms with van der Waals surface area (Å²) >= 11 is 0. The molecule has 1 aromatic rings. The van der Waals surface area contributed by atoms with Gasteiger partial charge in [-0.3, -0.25) is 0 Å². The van der Waals surface area contributed by atoms with Gasteiger partial charge in [-0.05, 0) is 5.92 Å². The van der Waals surface area contributed by atoms with Crippen LogP contribution in [0.1, 0.15) is 25.3 Å². The van der Waals surface area contributed by atoms with Crippen LogP contribution in [0.2, 0.25) is 0 Å². The molecule has 0 aliphatic carbocycles. The molecule has 0 aliphatic rings. The van der Waals surface area contributed by atoms with E-state index in [2.05, 4.69) is 4.42 Å². The average Bonchev–Trinajstić information content (AvgIpc) is 1.85. The molecule has 1 heterocycles. The van der Waals surface area contributed by atoms with Crippen molar-refractivity contribution in [3.8, 4) is 5.75 Å². The molecule has 0 saturated carbocycles. The first-order valence-electron chi connectivity index (χ1n) is 3.43. The third kappa shape index (κ3) is 1.61. The summed E-state index contributed by atoms with van der Waals surface area (Å²) < 4.78 is 4.58. The smallest absolute Gasteiger partial charge is 0.339 e. The zero-order valence-corrected chi connectivity index (χ0v) is 6.50. The van der Waals surface area contributed by atoms with Gasteiger partial charge in [0, 0.05) is 5.56 Å². The fourth-order valence-electron chi connectivity index (χ4n) is 0.843. The van der Waals surface area contributed by atoms with Gasteiger partial charge >= 0.3 is 5.63 Å². The van der Waals surface area contributed by atoms with E-state index in [1.807, 2.05) is 13.8 Å². The minimum Gasteiger partial charge on any atom is -0.507 e. The van der Waals surface area contributed by atoms with Gasteiger partial charge in [0.2, 0.25) is 0 Å². The summed E-state index contributed by atoms with van der Waals surface area (Å²) in [7, 11) is 0. The highest BCUT2D eigenvalue weighted by atomic mass is 16.4. The van der Waals surface area contributed by atoms with Crippen LogP contribution in [0.4, 0.5) is 0 Å². The Hall–Kier alpha value is -1.25. The van der Waals surface area contributed by atoms with Gasteiger partial charge in [0.1, 0.15) is 12.0 Å². The summed E-state index contributed by atoms with van der Waals surface area (Å²) in [5, 5.41) is 9.20. The summed E-state index contributed by atoms with van der Waals surface area (Å²) in [6, 6.07) is 1.08. The van der Waals surface area contributed by atoms with Crippen LogP contribution in [0.5, 0.6) is 5.75 Å². The van der Waals surface area contributed by atoms with Crippen LogP contribution < -0.4 is 5.63 Å². The quantitative estimate of drug-likeness (QED) is 0.666. The van der Waals surface area contributed by atoms with Crippen molar-refractivity contribution < 1.29 is 9.52 Å². The molecule has 0 unspecified atom stereocenters. The van der Waals surface area contributed by atoms with E-state index in [9.17, 15) is 9.90 Å². The summed E-state index contributed by atoms with van der Waals surface area (Å²) in [6.07, 6.45) is 1.29. The minimum absolute atomic E-state index is 0.0104. The molecule has 0 spiro atoms. The van der Waals surface area contributed by atoms with Crippen molar-refractivity contribution in [2.75, 3.05) is 0 Å². The number of rotatable bonds is 1. The monoisotopic (exact) mass is 154 g/mol. The molecule has 0 radical (unpaired) electrons. The molecular formula is C8H10O3. The molecule has 0 saturated heterocycles. The van der Waals surface area contributed by atoms with Crippen LogP contribution >= 0.6 is 0 Å². The van der Waals surface area contributed by atoms with E-state index in [0.29, 0.717) is 5.56 Å². The first kappa shape index (κ1) is 7.85. The lowest BCUT2D eigenvalue weighted by atomic mass is 10.1. The first-order valence-corrected chi connectivity index (χ1v) is 3.43. The third-order valence-corrected chi connectivity index (χ3v) is 1.47. The lowest BCUT2D eigenvalue weighted by molar-refractivity contribution is 0.432. The van der Waals surface area contributed by atoms with Crippen molar-refractivity contribution in [2.24, 2.45) is 0 Å². The standard InChI is InChI=1S/C8H10O3/c1-5(2)6-4-11-8(10)3-7(6)9/h3-5,9H,1-2H3. The van der Waals surface area contributed by atoms with E-state index in [0.717, 1.165) is 6.07 Å². The lowest BCUT2D eigenvalue weighted by Crippen LogP contribution is -1.98. The molecule has 0 fully saturated rings. The second-order valence-corrected chi connectivity index (χ2v) is 2.69. The predicted octanol–water partition coefficient (Wildman–Crippen LogP) is 1.47. The van der Waals surface area contributed by atoms with Crippen LogP contribution in [-0.4, -0.2) is 5.11 Å². The van der Waals surface area contributed by atoms with Crippen LogP contribution in [0.3, 0.4) is 0 Å². The maximum Gasteiger partial charge on any atom is 0.339 e. The Morgan fingerprint density at radius 1 is 1.55 bits per heavy atom. The summed E-state index contributed by atoms with van der Waals surface area (Å²) in [5.74, 6) is 0.176. The Balaban J connectivity index is 3.20. The van der Waals surface area contributed by atoms with E-state index in [1.165, 1.54) is 6.26 Å². The molecule has 1 aromatic heterocycles. The van der Waals surface area contributed by atoms with Crippen LogP contribution in [-0.2, 0) is 0 Å². The largest absolute Gasteiger partial charge is 0.507 e. The molecule has 11 heavy (non-hydrogen) atoms. The molecule has 1 rings (SSSR count). The molecule has 1 N–H and O–H groups in total. The number of hydrogen-bond donors (Lipinski definition) is 1. The summed E-state index contributed by atoms with van der Waals surface area (Å²) in [5.41, 5.74) is 0.136. The lowest BCUT2D eigenvalue weighted by Gasteiger charge is -2.04. The van der Waals surface area contributed by atoms with E-state index in [1.54, 1.807) is 0 Å². The van der Waals surface area contributed by atoms with Crippen molar-refractivity contribution in [1.29, 1.82) is 0 Å². The molecule has 0 bridgehead atoms. The van der Waals surface area contributed by atoms with Gasteiger partial charge in [-0.2, -0.15) is 0 Å². The Morgan fingerprint density at radius 3 is 2.64 bits per heavy atom. The summed E-state index contributed by atoms with van der Waals surface area (Å²) in [6.45, 7) is 3.82. The van der Waals surface area contributed by atoms with Gasteiger partial charge in [-0.1, -0.05) is 13.8 Å². The SMILES string of the molecule is CC(C)c1coc(=O)cc1O. The molecule has 3 nitrogen and oxygen atoms in total. The molecule has 3 heteroatoms. The van der Waals surface area contributed by atoms with Crippen molar-refractivity contribution in [3.05, 3.63) is 28.3 Å². The second kappa shape index (κ2) is 2.78. The predicted molar refractivity (Wildman–Crippen MR) is 40.7 cm³/mol. The topological polar surface area (TPSA) is 50.4 Å². The van der Waals surface area contributed by atoms with Gasteiger partial charge < -0.3 is 9.52 Å². The minimum atomic E-state index is -0.521. The average molecular weight is 154 g/mol. The van der Waals surface area contributed by atoms with E-state index >= 15 is 0 Å².